The van der Waals surface area contributed by atoms with Crippen LogP contribution in [0.5, 0.6) is 0 Å². The van der Waals surface area contributed by atoms with Crippen LogP contribution in [0.2, 0.25) is 0 Å². The van der Waals surface area contributed by atoms with Crippen molar-refractivity contribution in [2.75, 3.05) is 18.9 Å². The van der Waals surface area contributed by atoms with Crippen molar-refractivity contribution in [1.82, 2.24) is 25.1 Å². The van der Waals surface area contributed by atoms with Crippen LogP contribution < -0.4 is 16.0 Å². The molecule has 0 radical (unpaired) electrons. The van der Waals surface area contributed by atoms with Gasteiger partial charge in [0.1, 0.15) is 22.8 Å². The topological polar surface area (TPSA) is 116 Å². The number of nitrogens with one attached hydrogen (secondary N) is 3. The first-order chi connectivity index (χ1) is 19.0. The van der Waals surface area contributed by atoms with Gasteiger partial charge in [-0.15, -0.1) is 5.10 Å². The maximum atomic E-state index is 14.1. The lowest BCUT2D eigenvalue weighted by molar-refractivity contribution is -0.140. The average Bonchev–Trinajstić information content (AvgIpc) is 3.65. The highest BCUT2D eigenvalue weighted by atomic mass is 32.1. The number of fused-ring (bicyclic) bond motifs is 1. The monoisotopic (exact) mass is 542 g/mol. The second kappa shape index (κ2) is 11.7. The highest BCUT2D eigenvalue weighted by Gasteiger charge is 2.39. The van der Waals surface area contributed by atoms with E-state index in [1.54, 1.807) is 18.9 Å². The molecule has 3 N–H and O–H groups in total. The third-order valence-electron chi connectivity index (χ3n) is 7.10. The molecule has 200 valence electrons. The predicted octanol–water partition coefficient (Wildman–Crippen LogP) is 3.75. The normalized spacial score (nSPS) is 16.6. The second-order valence-electron chi connectivity index (χ2n) is 9.52. The summed E-state index contributed by atoms with van der Waals surface area (Å²) in [6.45, 7) is 2.15. The van der Waals surface area contributed by atoms with E-state index in [0.717, 1.165) is 27.9 Å². The number of hydrogen-bond donors (Lipinski definition) is 3. The number of anilines is 1. The van der Waals surface area contributed by atoms with Crippen molar-refractivity contribution in [3.05, 3.63) is 78.4 Å². The maximum Gasteiger partial charge on any atom is 0.250 e. The molecule has 1 fully saturated rings. The number of amides is 3. The van der Waals surface area contributed by atoms with E-state index in [1.807, 2.05) is 72.8 Å². The average molecular weight is 543 g/mol. The van der Waals surface area contributed by atoms with E-state index in [4.69, 9.17) is 0 Å². The molecule has 0 bridgehead atoms. The molecule has 1 unspecified atom stereocenters. The smallest absolute Gasteiger partial charge is 0.250 e. The summed E-state index contributed by atoms with van der Waals surface area (Å²) in [5.74, 6) is -0.908. The molecule has 3 amide bonds. The fourth-order valence-electron chi connectivity index (χ4n) is 4.89. The van der Waals surface area contributed by atoms with Gasteiger partial charge in [0.2, 0.25) is 11.8 Å². The summed E-state index contributed by atoms with van der Waals surface area (Å²) in [5.41, 5.74) is 2.13. The van der Waals surface area contributed by atoms with Gasteiger partial charge in [0.15, 0.2) is 0 Å². The summed E-state index contributed by atoms with van der Waals surface area (Å²) >= 11 is 1.10. The zero-order valence-corrected chi connectivity index (χ0v) is 22.6. The van der Waals surface area contributed by atoms with E-state index in [0.29, 0.717) is 35.6 Å². The number of likely N-dealkylation sites (N-methyl/N-ethyl adjacent to an activating group) is 1. The Hall–Kier alpha value is -4.15. The Morgan fingerprint density at radius 1 is 1.00 bits per heavy atom. The van der Waals surface area contributed by atoms with Crippen molar-refractivity contribution in [2.24, 2.45) is 0 Å². The number of rotatable bonds is 8. The van der Waals surface area contributed by atoms with Gasteiger partial charge < -0.3 is 20.9 Å². The molecule has 1 saturated heterocycles. The molecule has 4 aromatic rings. The summed E-state index contributed by atoms with van der Waals surface area (Å²) in [5, 5.41) is 15.4. The fraction of sp³-hybridized carbons (Fsp3) is 0.276. The van der Waals surface area contributed by atoms with Crippen molar-refractivity contribution < 1.29 is 14.4 Å². The molecular formula is C29H30N6O3S. The molecule has 0 aliphatic carbocycles. The predicted molar refractivity (Wildman–Crippen MR) is 152 cm³/mol. The number of carbonyl (C=O) groups excluding carboxylic acids is 3. The standard InChI is InChI=1S/C29H30N6O3S/c1-18(30-2)26(36)31-25(22-15-8-13-19-10-6-7-14-21(19)22)29(38)35-17-9-16-23(35)27(37)32-28-24(33-34-39-28)20-11-4-3-5-12-20/h3-8,10-15,18,23,25,30H,9,16-17H2,1-2H3,(H,31,36)(H,32,37)/t18?,23-,25-/m0/s1. The van der Waals surface area contributed by atoms with Crippen molar-refractivity contribution in [2.45, 2.75) is 37.9 Å². The lowest BCUT2D eigenvalue weighted by Gasteiger charge is -2.30. The van der Waals surface area contributed by atoms with E-state index in [2.05, 4.69) is 25.5 Å². The van der Waals surface area contributed by atoms with E-state index in [-0.39, 0.29) is 17.7 Å². The molecule has 3 aromatic carbocycles. The number of hydrogen-bond acceptors (Lipinski definition) is 7. The highest BCUT2D eigenvalue weighted by Crippen LogP contribution is 2.32. The first kappa shape index (κ1) is 26.5. The van der Waals surface area contributed by atoms with Crippen molar-refractivity contribution in [3.8, 4) is 11.3 Å². The second-order valence-corrected chi connectivity index (χ2v) is 10.3. The molecule has 1 aliphatic heterocycles. The largest absolute Gasteiger partial charge is 0.339 e. The molecule has 3 atom stereocenters. The minimum Gasteiger partial charge on any atom is -0.339 e. The van der Waals surface area contributed by atoms with Gasteiger partial charge >= 0.3 is 0 Å². The summed E-state index contributed by atoms with van der Waals surface area (Å²) in [7, 11) is 1.69. The SMILES string of the molecule is CNC(C)C(=O)N[C@H](C(=O)N1CCC[C@H]1C(=O)Nc1snnc1-c1ccccc1)c1cccc2ccccc12. The minimum absolute atomic E-state index is 0.296. The first-order valence-corrected chi connectivity index (χ1v) is 13.7. The highest BCUT2D eigenvalue weighted by molar-refractivity contribution is 7.10. The third-order valence-corrected chi connectivity index (χ3v) is 7.75. The van der Waals surface area contributed by atoms with Crippen molar-refractivity contribution in [1.29, 1.82) is 0 Å². The maximum absolute atomic E-state index is 14.1. The number of likely N-dealkylation sites (tertiary alicyclic amines) is 1. The van der Waals surface area contributed by atoms with Crippen molar-refractivity contribution >= 4 is 45.0 Å². The molecular weight excluding hydrogens is 512 g/mol. The molecule has 10 heteroatoms. The van der Waals surface area contributed by atoms with E-state index >= 15 is 0 Å². The van der Waals surface area contributed by atoms with E-state index in [1.165, 1.54) is 0 Å². The summed E-state index contributed by atoms with van der Waals surface area (Å²) in [6, 6.07) is 20.8. The van der Waals surface area contributed by atoms with Crippen LogP contribution in [-0.4, -0.2) is 57.9 Å². The molecule has 0 spiro atoms. The Kier molecular flexibility index (Phi) is 7.94. The number of nitrogens with zero attached hydrogens (tertiary/aromatic N) is 3. The van der Waals surface area contributed by atoms with Gasteiger partial charge in [-0.1, -0.05) is 77.3 Å². The number of benzene rings is 3. The molecule has 0 saturated carbocycles. The van der Waals surface area contributed by atoms with Crippen LogP contribution in [0.4, 0.5) is 5.00 Å². The molecule has 9 nitrogen and oxygen atoms in total. The van der Waals surface area contributed by atoms with Gasteiger partial charge in [-0.3, -0.25) is 14.4 Å². The molecule has 1 aromatic heterocycles. The van der Waals surface area contributed by atoms with Crippen LogP contribution in [0.15, 0.2) is 72.8 Å². The third kappa shape index (κ3) is 5.52. The summed E-state index contributed by atoms with van der Waals surface area (Å²) in [6.07, 6.45) is 1.20. The van der Waals surface area contributed by atoms with Crippen LogP contribution in [0.3, 0.4) is 0 Å². The van der Waals surface area contributed by atoms with Crippen LogP contribution in [-0.2, 0) is 14.4 Å². The lowest BCUT2D eigenvalue weighted by atomic mass is 9.97. The Morgan fingerprint density at radius 3 is 2.54 bits per heavy atom. The Labute approximate surface area is 230 Å². The van der Waals surface area contributed by atoms with Crippen LogP contribution >= 0.6 is 11.5 Å². The van der Waals surface area contributed by atoms with Gasteiger partial charge in [0.25, 0.3) is 5.91 Å². The van der Waals surface area contributed by atoms with Crippen LogP contribution in [0, 0.1) is 0 Å². The molecule has 2 heterocycles. The Morgan fingerprint density at radius 2 is 1.74 bits per heavy atom. The summed E-state index contributed by atoms with van der Waals surface area (Å²) in [4.78, 5) is 42.2. The Bertz CT molecular complexity index is 1490. The Balaban J connectivity index is 1.43. The zero-order valence-electron chi connectivity index (χ0n) is 21.8. The number of aromatic nitrogens is 2. The molecule has 1 aliphatic rings. The van der Waals surface area contributed by atoms with Gasteiger partial charge in [-0.05, 0) is 43.1 Å². The van der Waals surface area contributed by atoms with Gasteiger partial charge in [-0.2, -0.15) is 0 Å². The van der Waals surface area contributed by atoms with Crippen LogP contribution in [0.1, 0.15) is 31.4 Å². The fourth-order valence-corrected chi connectivity index (χ4v) is 5.49. The van der Waals surface area contributed by atoms with E-state index < -0.39 is 18.1 Å². The zero-order chi connectivity index (χ0) is 27.4. The minimum atomic E-state index is -0.947. The van der Waals surface area contributed by atoms with Crippen LogP contribution in [0.25, 0.3) is 22.0 Å². The molecule has 5 rings (SSSR count). The first-order valence-electron chi connectivity index (χ1n) is 12.9. The van der Waals surface area contributed by atoms with E-state index in [9.17, 15) is 14.4 Å². The van der Waals surface area contributed by atoms with Crippen molar-refractivity contribution in [3.63, 3.8) is 0 Å². The van der Waals surface area contributed by atoms with Gasteiger partial charge in [0, 0.05) is 23.6 Å². The number of carbonyl (C=O) groups is 3. The lowest BCUT2D eigenvalue weighted by Crippen LogP contribution is -2.51. The van der Waals surface area contributed by atoms with Gasteiger partial charge in [-0.25, -0.2) is 0 Å². The molecule has 39 heavy (non-hydrogen) atoms. The summed E-state index contributed by atoms with van der Waals surface area (Å²) < 4.78 is 4.03. The van der Waals surface area contributed by atoms with Gasteiger partial charge in [0.05, 0.1) is 6.04 Å². The quantitative estimate of drug-likeness (QED) is 0.312.